The number of pyridine rings is 1. The predicted molar refractivity (Wildman–Crippen MR) is 70.2 cm³/mol. The highest BCUT2D eigenvalue weighted by Gasteiger charge is 2.12. The van der Waals surface area contributed by atoms with Crippen molar-refractivity contribution >= 4 is 5.82 Å². The minimum atomic E-state index is 0.107. The van der Waals surface area contributed by atoms with Gasteiger partial charge in [0.15, 0.2) is 0 Å². The maximum Gasteiger partial charge on any atom is 0.129 e. The quantitative estimate of drug-likeness (QED) is 0.873. The number of hydrogen-bond donors (Lipinski definition) is 1. The van der Waals surface area contributed by atoms with E-state index >= 15 is 0 Å². The van der Waals surface area contributed by atoms with Crippen LogP contribution in [0.2, 0.25) is 0 Å². The van der Waals surface area contributed by atoms with Crippen molar-refractivity contribution in [2.75, 3.05) is 18.0 Å². The van der Waals surface area contributed by atoms with Gasteiger partial charge in [0.2, 0.25) is 0 Å². The van der Waals surface area contributed by atoms with E-state index in [4.69, 9.17) is 0 Å². The Morgan fingerprint density at radius 1 is 1.18 bits per heavy atom. The molecule has 0 bridgehead atoms. The molecule has 0 aromatic carbocycles. The van der Waals surface area contributed by atoms with Gasteiger partial charge in [0.1, 0.15) is 5.82 Å². The van der Waals surface area contributed by atoms with E-state index in [1.165, 1.54) is 25.7 Å². The Morgan fingerprint density at radius 2 is 1.88 bits per heavy atom. The average Bonchev–Trinajstić information content (AvgIpc) is 2.67. The van der Waals surface area contributed by atoms with E-state index in [-0.39, 0.29) is 6.61 Å². The van der Waals surface area contributed by atoms with Crippen LogP contribution in [-0.2, 0) is 13.0 Å². The van der Waals surface area contributed by atoms with E-state index in [9.17, 15) is 5.11 Å². The zero-order valence-electron chi connectivity index (χ0n) is 10.7. The fourth-order valence-corrected chi connectivity index (χ4v) is 2.37. The van der Waals surface area contributed by atoms with Crippen molar-refractivity contribution in [2.45, 2.75) is 45.6 Å². The Morgan fingerprint density at radius 3 is 2.47 bits per heavy atom. The Labute approximate surface area is 103 Å². The van der Waals surface area contributed by atoms with E-state index in [0.717, 1.165) is 36.6 Å². The molecule has 1 N–H and O–H groups in total. The van der Waals surface area contributed by atoms with Crippen LogP contribution in [0.25, 0.3) is 0 Å². The number of hydrogen-bond acceptors (Lipinski definition) is 3. The lowest BCUT2D eigenvalue weighted by molar-refractivity contribution is 0.281. The Bertz CT molecular complexity index is 335. The monoisotopic (exact) mass is 234 g/mol. The number of anilines is 1. The molecule has 0 saturated carbocycles. The summed E-state index contributed by atoms with van der Waals surface area (Å²) in [7, 11) is 0. The van der Waals surface area contributed by atoms with Gasteiger partial charge in [0.05, 0.1) is 6.61 Å². The summed E-state index contributed by atoms with van der Waals surface area (Å²) in [6.45, 7) is 4.42. The minimum absolute atomic E-state index is 0.107. The molecule has 0 spiro atoms. The summed E-state index contributed by atoms with van der Waals surface area (Å²) >= 11 is 0. The number of aromatic nitrogens is 1. The van der Waals surface area contributed by atoms with Crippen molar-refractivity contribution in [1.82, 2.24) is 4.98 Å². The molecule has 2 rings (SSSR count). The fourth-order valence-electron chi connectivity index (χ4n) is 2.37. The Balaban J connectivity index is 2.22. The highest BCUT2D eigenvalue weighted by atomic mass is 16.3. The van der Waals surface area contributed by atoms with Crippen molar-refractivity contribution in [1.29, 1.82) is 0 Å². The molecule has 0 atom stereocenters. The molecule has 2 heterocycles. The molecule has 3 nitrogen and oxygen atoms in total. The smallest absolute Gasteiger partial charge is 0.129 e. The molecule has 1 aromatic heterocycles. The van der Waals surface area contributed by atoms with E-state index < -0.39 is 0 Å². The summed E-state index contributed by atoms with van der Waals surface area (Å²) in [4.78, 5) is 7.05. The van der Waals surface area contributed by atoms with Gasteiger partial charge in [0, 0.05) is 18.8 Å². The van der Waals surface area contributed by atoms with Crippen LogP contribution in [0.3, 0.4) is 0 Å². The summed E-state index contributed by atoms with van der Waals surface area (Å²) in [6, 6.07) is 4.03. The van der Waals surface area contributed by atoms with Gasteiger partial charge in [0.25, 0.3) is 0 Å². The molecule has 0 amide bonds. The number of nitrogens with zero attached hydrogens (tertiary/aromatic N) is 2. The van der Waals surface area contributed by atoms with Crippen LogP contribution in [-0.4, -0.2) is 23.2 Å². The van der Waals surface area contributed by atoms with Gasteiger partial charge in [-0.1, -0.05) is 19.8 Å². The molecule has 3 heteroatoms. The van der Waals surface area contributed by atoms with Gasteiger partial charge < -0.3 is 10.0 Å². The van der Waals surface area contributed by atoms with E-state index in [2.05, 4.69) is 16.8 Å². The third kappa shape index (κ3) is 3.19. The average molecular weight is 234 g/mol. The van der Waals surface area contributed by atoms with Crippen LogP contribution in [0.15, 0.2) is 12.1 Å². The highest BCUT2D eigenvalue weighted by Crippen LogP contribution is 2.20. The molecular formula is C14H22N2O. The second kappa shape index (κ2) is 6.01. The van der Waals surface area contributed by atoms with Crippen molar-refractivity contribution in [3.05, 3.63) is 23.4 Å². The molecule has 1 aliphatic heterocycles. The van der Waals surface area contributed by atoms with Crippen LogP contribution in [0.1, 0.15) is 43.9 Å². The number of aliphatic hydroxyl groups is 1. The van der Waals surface area contributed by atoms with E-state index in [1.54, 1.807) is 0 Å². The van der Waals surface area contributed by atoms with Crippen molar-refractivity contribution in [3.8, 4) is 0 Å². The zero-order valence-corrected chi connectivity index (χ0v) is 10.7. The summed E-state index contributed by atoms with van der Waals surface area (Å²) in [5.41, 5.74) is 2.06. The van der Waals surface area contributed by atoms with Gasteiger partial charge in [-0.05, 0) is 37.0 Å². The van der Waals surface area contributed by atoms with Gasteiger partial charge in [-0.2, -0.15) is 0 Å². The van der Waals surface area contributed by atoms with Crippen LogP contribution in [0, 0.1) is 0 Å². The van der Waals surface area contributed by atoms with Crippen LogP contribution in [0.4, 0.5) is 5.82 Å². The van der Waals surface area contributed by atoms with Gasteiger partial charge in [-0.25, -0.2) is 4.98 Å². The van der Waals surface area contributed by atoms with Gasteiger partial charge in [-0.15, -0.1) is 0 Å². The molecule has 1 aliphatic rings. The summed E-state index contributed by atoms with van der Waals surface area (Å²) in [5.74, 6) is 1.05. The first-order valence-electron chi connectivity index (χ1n) is 6.69. The molecule has 1 saturated heterocycles. The van der Waals surface area contributed by atoms with Crippen LogP contribution < -0.4 is 4.90 Å². The zero-order chi connectivity index (χ0) is 12.1. The fraction of sp³-hybridized carbons (Fsp3) is 0.643. The molecule has 17 heavy (non-hydrogen) atoms. The Hall–Kier alpha value is -1.09. The number of rotatable bonds is 3. The van der Waals surface area contributed by atoms with Crippen LogP contribution in [0.5, 0.6) is 0 Å². The summed E-state index contributed by atoms with van der Waals surface area (Å²) in [6.07, 6.45) is 6.10. The second-order valence-electron chi connectivity index (χ2n) is 4.74. The lowest BCUT2D eigenvalue weighted by Crippen LogP contribution is -2.25. The molecule has 0 aliphatic carbocycles. The maximum absolute atomic E-state index is 9.29. The molecule has 94 valence electrons. The number of aryl methyl sites for hydroxylation is 1. The van der Waals surface area contributed by atoms with Gasteiger partial charge >= 0.3 is 0 Å². The first-order chi connectivity index (χ1) is 8.33. The first-order valence-corrected chi connectivity index (χ1v) is 6.69. The van der Waals surface area contributed by atoms with Crippen molar-refractivity contribution in [2.24, 2.45) is 0 Å². The van der Waals surface area contributed by atoms with Crippen molar-refractivity contribution in [3.63, 3.8) is 0 Å². The highest BCUT2D eigenvalue weighted by molar-refractivity contribution is 5.42. The predicted octanol–water partition coefficient (Wildman–Crippen LogP) is 2.52. The number of aliphatic hydroxyl groups excluding tert-OH is 1. The SMILES string of the molecule is CCc1cc(CO)cc(N2CCCCCC2)n1. The molecule has 0 radical (unpaired) electrons. The molecule has 1 aromatic rings. The topological polar surface area (TPSA) is 36.4 Å². The summed E-state index contributed by atoms with van der Waals surface area (Å²) in [5, 5.41) is 9.29. The largest absolute Gasteiger partial charge is 0.392 e. The molecule has 0 unspecified atom stereocenters. The minimum Gasteiger partial charge on any atom is -0.392 e. The van der Waals surface area contributed by atoms with Crippen molar-refractivity contribution < 1.29 is 5.11 Å². The standard InChI is InChI=1S/C14H22N2O/c1-2-13-9-12(11-17)10-14(15-13)16-7-5-3-4-6-8-16/h9-10,17H,2-8,11H2,1H3. The lowest BCUT2D eigenvalue weighted by atomic mass is 10.2. The molecule has 1 fully saturated rings. The lowest BCUT2D eigenvalue weighted by Gasteiger charge is -2.22. The Kier molecular flexibility index (Phi) is 4.37. The van der Waals surface area contributed by atoms with Gasteiger partial charge in [-0.3, -0.25) is 0 Å². The van der Waals surface area contributed by atoms with E-state index in [0.29, 0.717) is 0 Å². The normalized spacial score (nSPS) is 16.9. The third-order valence-electron chi connectivity index (χ3n) is 3.40. The first kappa shape index (κ1) is 12.4. The van der Waals surface area contributed by atoms with E-state index in [1.807, 2.05) is 12.1 Å². The maximum atomic E-state index is 9.29. The van der Waals surface area contributed by atoms with Crippen LogP contribution >= 0.6 is 0 Å². The third-order valence-corrected chi connectivity index (χ3v) is 3.40. The summed E-state index contributed by atoms with van der Waals surface area (Å²) < 4.78 is 0. The molecular weight excluding hydrogens is 212 g/mol. The second-order valence-corrected chi connectivity index (χ2v) is 4.74.